The molecule has 68 valence electrons. The lowest BCUT2D eigenvalue weighted by atomic mass is 10.2. The van der Waals surface area contributed by atoms with Crippen LogP contribution in [0.25, 0.3) is 0 Å². The average molecular weight is 191 g/mol. The van der Waals surface area contributed by atoms with Crippen LogP contribution in [0.2, 0.25) is 0 Å². The Hall–Kier alpha value is -0.940. The molecule has 1 nitrogen and oxygen atoms in total. The van der Waals surface area contributed by atoms with Crippen LogP contribution in [0.3, 0.4) is 0 Å². The molecule has 2 heteroatoms. The van der Waals surface area contributed by atoms with Crippen LogP contribution in [0.4, 0.5) is 0 Å². The quantitative estimate of drug-likeness (QED) is 0.684. The third kappa shape index (κ3) is 2.78. The zero-order valence-electron chi connectivity index (χ0n) is 8.00. The summed E-state index contributed by atoms with van der Waals surface area (Å²) < 4.78 is 0. The van der Waals surface area contributed by atoms with E-state index >= 15 is 0 Å². The summed E-state index contributed by atoms with van der Waals surface area (Å²) in [4.78, 5) is 1.11. The standard InChI is InChI=1S/C11H13NS/c1-3-6-13-11-5-4-9(2)7-10(11)8-12/h4-5,7H,3,6H2,1-2H3. The molecule has 0 aromatic heterocycles. The van der Waals surface area contributed by atoms with Crippen LogP contribution in [0.1, 0.15) is 24.5 Å². The molecule has 0 amide bonds. The number of nitriles is 1. The number of hydrogen-bond acceptors (Lipinski definition) is 2. The highest BCUT2D eigenvalue weighted by Gasteiger charge is 2.01. The van der Waals surface area contributed by atoms with Crippen molar-refractivity contribution in [2.75, 3.05) is 5.75 Å². The monoisotopic (exact) mass is 191 g/mol. The maximum Gasteiger partial charge on any atom is 0.100 e. The average Bonchev–Trinajstić information content (AvgIpc) is 2.16. The molecular formula is C11H13NS. The highest BCUT2D eigenvalue weighted by molar-refractivity contribution is 7.99. The Bertz CT molecular complexity index is 325. The topological polar surface area (TPSA) is 23.8 Å². The zero-order chi connectivity index (χ0) is 9.68. The third-order valence-electron chi connectivity index (χ3n) is 1.72. The minimum atomic E-state index is 0.804. The van der Waals surface area contributed by atoms with Gasteiger partial charge in [-0.25, -0.2) is 0 Å². The van der Waals surface area contributed by atoms with E-state index < -0.39 is 0 Å². The Labute approximate surface area is 83.8 Å². The van der Waals surface area contributed by atoms with Gasteiger partial charge in [0.05, 0.1) is 5.56 Å². The van der Waals surface area contributed by atoms with Crippen molar-refractivity contribution in [2.24, 2.45) is 0 Å². The van der Waals surface area contributed by atoms with Gasteiger partial charge < -0.3 is 0 Å². The van der Waals surface area contributed by atoms with Gasteiger partial charge in [0.1, 0.15) is 6.07 Å². The van der Waals surface area contributed by atoms with E-state index in [1.54, 1.807) is 11.8 Å². The van der Waals surface area contributed by atoms with E-state index in [9.17, 15) is 0 Å². The summed E-state index contributed by atoms with van der Waals surface area (Å²) in [7, 11) is 0. The first-order chi connectivity index (χ1) is 6.27. The van der Waals surface area contributed by atoms with Crippen molar-refractivity contribution >= 4 is 11.8 Å². The normalized spacial score (nSPS) is 9.62. The Morgan fingerprint density at radius 1 is 1.46 bits per heavy atom. The molecule has 0 radical (unpaired) electrons. The highest BCUT2D eigenvalue weighted by atomic mass is 32.2. The highest BCUT2D eigenvalue weighted by Crippen LogP contribution is 2.23. The fraction of sp³-hybridized carbons (Fsp3) is 0.364. The van der Waals surface area contributed by atoms with E-state index in [0.717, 1.165) is 28.2 Å². The summed E-state index contributed by atoms with van der Waals surface area (Å²) in [6.45, 7) is 4.16. The number of aryl methyl sites for hydroxylation is 1. The lowest BCUT2D eigenvalue weighted by Gasteiger charge is -2.02. The Balaban J connectivity index is 2.88. The number of rotatable bonds is 3. The largest absolute Gasteiger partial charge is 0.192 e. The van der Waals surface area contributed by atoms with Gasteiger partial charge in [0.2, 0.25) is 0 Å². The van der Waals surface area contributed by atoms with Crippen molar-refractivity contribution in [1.82, 2.24) is 0 Å². The molecule has 0 heterocycles. The van der Waals surface area contributed by atoms with E-state index in [2.05, 4.69) is 19.1 Å². The Kier molecular flexibility index (Phi) is 3.85. The van der Waals surface area contributed by atoms with Crippen LogP contribution >= 0.6 is 11.8 Å². The molecule has 1 aromatic carbocycles. The van der Waals surface area contributed by atoms with Gasteiger partial charge in [0.15, 0.2) is 0 Å². The first kappa shape index (κ1) is 10.1. The summed E-state index contributed by atoms with van der Waals surface area (Å²) in [5, 5.41) is 8.88. The second-order valence-electron chi connectivity index (χ2n) is 2.96. The van der Waals surface area contributed by atoms with E-state index in [1.165, 1.54) is 0 Å². The maximum atomic E-state index is 8.88. The molecule has 0 aliphatic carbocycles. The van der Waals surface area contributed by atoms with Gasteiger partial charge >= 0.3 is 0 Å². The van der Waals surface area contributed by atoms with Crippen LogP contribution in [0.5, 0.6) is 0 Å². The van der Waals surface area contributed by atoms with Crippen LogP contribution in [-0.4, -0.2) is 5.75 Å². The smallest absolute Gasteiger partial charge is 0.100 e. The van der Waals surface area contributed by atoms with Gasteiger partial charge in [-0.05, 0) is 36.8 Å². The number of thioether (sulfide) groups is 1. The van der Waals surface area contributed by atoms with Gasteiger partial charge in [0, 0.05) is 4.90 Å². The Morgan fingerprint density at radius 3 is 2.85 bits per heavy atom. The maximum absolute atomic E-state index is 8.88. The van der Waals surface area contributed by atoms with Crippen molar-refractivity contribution in [3.8, 4) is 6.07 Å². The lowest BCUT2D eigenvalue weighted by Crippen LogP contribution is -1.84. The summed E-state index contributed by atoms with van der Waals surface area (Å²) in [5.74, 6) is 1.08. The minimum Gasteiger partial charge on any atom is -0.192 e. The molecule has 0 aliphatic heterocycles. The summed E-state index contributed by atoms with van der Waals surface area (Å²) in [5.41, 5.74) is 1.95. The first-order valence-corrected chi connectivity index (χ1v) is 5.40. The first-order valence-electron chi connectivity index (χ1n) is 4.41. The van der Waals surface area contributed by atoms with E-state index in [4.69, 9.17) is 5.26 Å². The second-order valence-corrected chi connectivity index (χ2v) is 4.10. The van der Waals surface area contributed by atoms with Gasteiger partial charge in [-0.1, -0.05) is 13.0 Å². The Morgan fingerprint density at radius 2 is 2.23 bits per heavy atom. The van der Waals surface area contributed by atoms with E-state index in [1.807, 2.05) is 19.1 Å². The summed E-state index contributed by atoms with van der Waals surface area (Å²) in [6, 6.07) is 8.26. The number of benzene rings is 1. The van der Waals surface area contributed by atoms with Gasteiger partial charge in [-0.15, -0.1) is 11.8 Å². The molecule has 0 aliphatic rings. The molecule has 1 rings (SSSR count). The molecule has 0 saturated heterocycles. The van der Waals surface area contributed by atoms with Crippen molar-refractivity contribution in [3.05, 3.63) is 29.3 Å². The molecule has 0 bridgehead atoms. The lowest BCUT2D eigenvalue weighted by molar-refractivity contribution is 1.10. The van der Waals surface area contributed by atoms with Gasteiger partial charge in [0.25, 0.3) is 0 Å². The SMILES string of the molecule is CCCSc1ccc(C)cc1C#N. The molecule has 0 N–H and O–H groups in total. The van der Waals surface area contributed by atoms with Crippen molar-refractivity contribution in [2.45, 2.75) is 25.2 Å². The molecule has 0 fully saturated rings. The third-order valence-corrected chi connectivity index (χ3v) is 3.00. The molecule has 0 saturated carbocycles. The fourth-order valence-electron chi connectivity index (χ4n) is 1.07. The van der Waals surface area contributed by atoms with Crippen molar-refractivity contribution in [1.29, 1.82) is 5.26 Å². The van der Waals surface area contributed by atoms with E-state index in [-0.39, 0.29) is 0 Å². The molecule has 0 atom stereocenters. The van der Waals surface area contributed by atoms with Gasteiger partial charge in [-0.2, -0.15) is 5.26 Å². The molecule has 13 heavy (non-hydrogen) atoms. The van der Waals surface area contributed by atoms with E-state index in [0.29, 0.717) is 0 Å². The fourth-order valence-corrected chi connectivity index (χ4v) is 1.92. The molecule has 1 aromatic rings. The van der Waals surface area contributed by atoms with Crippen LogP contribution in [0.15, 0.2) is 23.1 Å². The second kappa shape index (κ2) is 4.94. The summed E-state index contributed by atoms with van der Waals surface area (Å²) in [6.07, 6.45) is 1.14. The predicted octanol–water partition coefficient (Wildman–Crippen LogP) is 3.37. The molecular weight excluding hydrogens is 178 g/mol. The minimum absolute atomic E-state index is 0.804. The van der Waals surface area contributed by atoms with Crippen LogP contribution in [0, 0.1) is 18.3 Å². The summed E-state index contributed by atoms with van der Waals surface area (Å²) >= 11 is 1.76. The van der Waals surface area contributed by atoms with Crippen molar-refractivity contribution in [3.63, 3.8) is 0 Å². The van der Waals surface area contributed by atoms with Crippen molar-refractivity contribution < 1.29 is 0 Å². The predicted molar refractivity (Wildman–Crippen MR) is 56.9 cm³/mol. The van der Waals surface area contributed by atoms with Crippen LogP contribution < -0.4 is 0 Å². The number of hydrogen-bond donors (Lipinski definition) is 0. The number of nitrogens with zero attached hydrogens (tertiary/aromatic N) is 1. The van der Waals surface area contributed by atoms with Crippen LogP contribution in [-0.2, 0) is 0 Å². The molecule has 0 spiro atoms. The zero-order valence-corrected chi connectivity index (χ0v) is 8.82. The molecule has 0 unspecified atom stereocenters. The van der Waals surface area contributed by atoms with Gasteiger partial charge in [-0.3, -0.25) is 0 Å².